The lowest BCUT2D eigenvalue weighted by molar-refractivity contribution is -0.134. The predicted molar refractivity (Wildman–Crippen MR) is 152 cm³/mol. The van der Waals surface area contributed by atoms with Gasteiger partial charge in [-0.3, -0.25) is 19.9 Å². The normalized spacial score (nSPS) is 23.7. The average Bonchev–Trinajstić information content (AvgIpc) is 2.88. The SMILES string of the molecule is Cc1cc2ncc(C3CCC(=O)NC3=O)cc2cc1C1(O)CCN(C(=O)OC(C)(C)C)C(Cc2ccccc2)C1. The molecular formula is C32H37N3O5. The first-order chi connectivity index (χ1) is 18.9. The summed E-state index contributed by atoms with van der Waals surface area (Å²) in [6.45, 7) is 7.89. The molecule has 0 bridgehead atoms. The summed E-state index contributed by atoms with van der Waals surface area (Å²) in [7, 11) is 0. The zero-order valence-corrected chi connectivity index (χ0v) is 23.6. The van der Waals surface area contributed by atoms with Gasteiger partial charge in [0.15, 0.2) is 0 Å². The second kappa shape index (κ2) is 10.7. The van der Waals surface area contributed by atoms with Crippen molar-refractivity contribution in [3.05, 3.63) is 77.0 Å². The third-order valence-electron chi connectivity index (χ3n) is 7.91. The lowest BCUT2D eigenvalue weighted by Crippen LogP contribution is -2.53. The van der Waals surface area contributed by atoms with Crippen LogP contribution < -0.4 is 5.32 Å². The highest BCUT2D eigenvalue weighted by Crippen LogP contribution is 2.40. The highest BCUT2D eigenvalue weighted by atomic mass is 16.6. The largest absolute Gasteiger partial charge is 0.444 e. The van der Waals surface area contributed by atoms with E-state index in [4.69, 9.17) is 4.74 Å². The minimum absolute atomic E-state index is 0.252. The number of likely N-dealkylation sites (tertiary alicyclic amines) is 1. The summed E-state index contributed by atoms with van der Waals surface area (Å²) in [6.07, 6.45) is 3.38. The van der Waals surface area contributed by atoms with Crippen molar-refractivity contribution in [2.45, 2.75) is 83.0 Å². The zero-order valence-electron chi connectivity index (χ0n) is 23.6. The van der Waals surface area contributed by atoms with E-state index in [2.05, 4.69) is 10.3 Å². The summed E-state index contributed by atoms with van der Waals surface area (Å²) in [5, 5.41) is 15.4. The van der Waals surface area contributed by atoms with Crippen molar-refractivity contribution < 1.29 is 24.2 Å². The second-order valence-electron chi connectivity index (χ2n) is 12.1. The van der Waals surface area contributed by atoms with Crippen molar-refractivity contribution in [1.82, 2.24) is 15.2 Å². The number of aliphatic hydroxyl groups is 1. The van der Waals surface area contributed by atoms with E-state index in [1.54, 1.807) is 11.1 Å². The molecule has 3 aromatic rings. The van der Waals surface area contributed by atoms with E-state index >= 15 is 0 Å². The number of imide groups is 1. The summed E-state index contributed by atoms with van der Waals surface area (Å²) in [6, 6.07) is 15.6. The fourth-order valence-electron chi connectivity index (χ4n) is 5.97. The molecular weight excluding hydrogens is 506 g/mol. The number of hydrogen-bond donors (Lipinski definition) is 2. The van der Waals surface area contributed by atoms with E-state index in [0.29, 0.717) is 38.6 Å². The molecule has 8 heteroatoms. The average molecular weight is 544 g/mol. The number of rotatable bonds is 4. The lowest BCUT2D eigenvalue weighted by atomic mass is 9.77. The van der Waals surface area contributed by atoms with E-state index in [1.807, 2.05) is 76.2 Å². The number of amides is 3. The van der Waals surface area contributed by atoms with Gasteiger partial charge in [-0.1, -0.05) is 30.3 Å². The molecule has 3 unspecified atom stereocenters. The van der Waals surface area contributed by atoms with Crippen LogP contribution in [0.3, 0.4) is 0 Å². The van der Waals surface area contributed by atoms with Gasteiger partial charge in [0, 0.05) is 37.0 Å². The Hall–Kier alpha value is -3.78. The monoisotopic (exact) mass is 543 g/mol. The highest BCUT2D eigenvalue weighted by Gasteiger charge is 2.43. The zero-order chi connectivity index (χ0) is 28.7. The first-order valence-electron chi connectivity index (χ1n) is 13.9. The molecule has 5 rings (SSSR count). The van der Waals surface area contributed by atoms with Crippen LogP contribution in [0.4, 0.5) is 4.79 Å². The summed E-state index contributed by atoms with van der Waals surface area (Å²) >= 11 is 0. The number of nitrogens with zero attached hydrogens (tertiary/aromatic N) is 2. The summed E-state index contributed by atoms with van der Waals surface area (Å²) < 4.78 is 5.73. The predicted octanol–water partition coefficient (Wildman–Crippen LogP) is 4.89. The molecule has 8 nitrogen and oxygen atoms in total. The number of piperidine rings is 2. The highest BCUT2D eigenvalue weighted by molar-refractivity contribution is 6.01. The number of carbonyl (C=O) groups excluding carboxylic acids is 3. The Bertz CT molecular complexity index is 1450. The number of benzene rings is 2. The number of fused-ring (bicyclic) bond motifs is 1. The van der Waals surface area contributed by atoms with Gasteiger partial charge in [0.25, 0.3) is 0 Å². The van der Waals surface area contributed by atoms with E-state index in [0.717, 1.165) is 33.2 Å². The van der Waals surface area contributed by atoms with Gasteiger partial charge in [-0.2, -0.15) is 0 Å². The maximum absolute atomic E-state index is 13.2. The molecule has 210 valence electrons. The Balaban J connectivity index is 1.47. The fourth-order valence-corrected chi connectivity index (χ4v) is 5.97. The first-order valence-corrected chi connectivity index (χ1v) is 13.9. The van der Waals surface area contributed by atoms with Crippen LogP contribution in [0.25, 0.3) is 10.9 Å². The molecule has 3 atom stereocenters. The molecule has 3 heterocycles. The third-order valence-corrected chi connectivity index (χ3v) is 7.91. The first kappa shape index (κ1) is 27.8. The van der Waals surface area contributed by atoms with Crippen LogP contribution in [0.15, 0.2) is 54.7 Å². The Kier molecular flexibility index (Phi) is 7.40. The summed E-state index contributed by atoms with van der Waals surface area (Å²) in [5.41, 5.74) is 2.53. The van der Waals surface area contributed by atoms with Crippen molar-refractivity contribution in [2.24, 2.45) is 0 Å². The Morgan fingerprint density at radius 3 is 2.62 bits per heavy atom. The van der Waals surface area contributed by atoms with E-state index in [1.165, 1.54) is 0 Å². The molecule has 2 aromatic carbocycles. The van der Waals surface area contributed by atoms with Crippen molar-refractivity contribution >= 4 is 28.8 Å². The van der Waals surface area contributed by atoms with Gasteiger partial charge in [-0.05, 0) is 87.4 Å². The van der Waals surface area contributed by atoms with Crippen LogP contribution in [-0.4, -0.2) is 51.1 Å². The molecule has 2 fully saturated rings. The number of aromatic nitrogens is 1. The molecule has 0 aliphatic carbocycles. The summed E-state index contributed by atoms with van der Waals surface area (Å²) in [5.74, 6) is -0.991. The fraction of sp³-hybridized carbons (Fsp3) is 0.438. The van der Waals surface area contributed by atoms with Gasteiger partial charge in [-0.15, -0.1) is 0 Å². The van der Waals surface area contributed by atoms with Crippen LogP contribution in [-0.2, 0) is 26.3 Å². The van der Waals surface area contributed by atoms with Crippen LogP contribution in [0.1, 0.15) is 74.6 Å². The molecule has 0 saturated carbocycles. The van der Waals surface area contributed by atoms with Crippen LogP contribution in [0.5, 0.6) is 0 Å². The van der Waals surface area contributed by atoms with Crippen LogP contribution in [0.2, 0.25) is 0 Å². The van der Waals surface area contributed by atoms with Gasteiger partial charge in [-0.25, -0.2) is 4.79 Å². The lowest BCUT2D eigenvalue weighted by Gasteiger charge is -2.45. The minimum Gasteiger partial charge on any atom is -0.444 e. The van der Waals surface area contributed by atoms with Gasteiger partial charge in [0.05, 0.1) is 17.0 Å². The Labute approximate surface area is 234 Å². The Morgan fingerprint density at radius 2 is 1.93 bits per heavy atom. The molecule has 40 heavy (non-hydrogen) atoms. The molecule has 2 saturated heterocycles. The standard InChI is InChI=1S/C32H37N3O5/c1-20-14-27-22(16-23(19-33-27)25-10-11-28(36)34-29(25)37)17-26(20)32(39)12-13-35(30(38)40-31(2,3)4)24(18-32)15-21-8-6-5-7-9-21/h5-9,14,16-17,19,24-25,39H,10-13,15,18H2,1-4H3,(H,34,36,37). The molecule has 2 aliphatic heterocycles. The number of ether oxygens (including phenoxy) is 1. The van der Waals surface area contributed by atoms with Gasteiger partial charge in [0.2, 0.25) is 11.8 Å². The van der Waals surface area contributed by atoms with E-state index in [9.17, 15) is 19.5 Å². The number of aryl methyl sites for hydroxylation is 1. The molecule has 2 aliphatic rings. The Morgan fingerprint density at radius 1 is 1.18 bits per heavy atom. The van der Waals surface area contributed by atoms with E-state index in [-0.39, 0.29) is 23.9 Å². The summed E-state index contributed by atoms with van der Waals surface area (Å²) in [4.78, 5) is 43.7. The topological polar surface area (TPSA) is 109 Å². The smallest absolute Gasteiger partial charge is 0.410 e. The quantitative estimate of drug-likeness (QED) is 0.454. The van der Waals surface area contributed by atoms with Crippen molar-refractivity contribution in [3.63, 3.8) is 0 Å². The maximum Gasteiger partial charge on any atom is 0.410 e. The molecule has 0 spiro atoms. The van der Waals surface area contributed by atoms with Crippen LogP contribution >= 0.6 is 0 Å². The van der Waals surface area contributed by atoms with Crippen molar-refractivity contribution in [1.29, 1.82) is 0 Å². The minimum atomic E-state index is -1.17. The second-order valence-corrected chi connectivity index (χ2v) is 12.1. The number of nitrogens with one attached hydrogen (secondary N) is 1. The molecule has 2 N–H and O–H groups in total. The molecule has 1 aromatic heterocycles. The van der Waals surface area contributed by atoms with Gasteiger partial charge >= 0.3 is 6.09 Å². The van der Waals surface area contributed by atoms with Crippen molar-refractivity contribution in [3.8, 4) is 0 Å². The molecule has 0 radical (unpaired) electrons. The molecule has 3 amide bonds. The number of carbonyl (C=O) groups is 3. The van der Waals surface area contributed by atoms with Gasteiger partial charge in [0.1, 0.15) is 5.60 Å². The maximum atomic E-state index is 13.2. The third kappa shape index (κ3) is 5.87. The van der Waals surface area contributed by atoms with Crippen molar-refractivity contribution in [2.75, 3.05) is 6.54 Å². The van der Waals surface area contributed by atoms with Crippen LogP contribution in [0, 0.1) is 6.92 Å². The van der Waals surface area contributed by atoms with E-state index < -0.39 is 17.1 Å². The number of pyridine rings is 1. The number of hydrogen-bond acceptors (Lipinski definition) is 6. The van der Waals surface area contributed by atoms with Gasteiger partial charge < -0.3 is 14.7 Å².